The van der Waals surface area contributed by atoms with E-state index < -0.39 is 5.56 Å². The fourth-order valence-corrected chi connectivity index (χ4v) is 1.63. The van der Waals surface area contributed by atoms with Gasteiger partial charge in [0.15, 0.2) is 11.2 Å². The van der Waals surface area contributed by atoms with Crippen LogP contribution in [0.25, 0.3) is 11.2 Å². The van der Waals surface area contributed by atoms with Gasteiger partial charge in [0.2, 0.25) is 11.9 Å². The van der Waals surface area contributed by atoms with Crippen molar-refractivity contribution in [1.82, 2.24) is 19.5 Å². The number of imidazole rings is 1. The average molecular weight is 279 g/mol. The number of nitrogens with one attached hydrogen (secondary N) is 2. The maximum absolute atomic E-state index is 11.9. The molecule has 0 aromatic carbocycles. The number of methoxy groups -OCH3 is 1. The van der Waals surface area contributed by atoms with Crippen LogP contribution in [0.3, 0.4) is 0 Å². The van der Waals surface area contributed by atoms with Gasteiger partial charge < -0.3 is 4.74 Å². The summed E-state index contributed by atoms with van der Waals surface area (Å²) in [6.07, 6.45) is 1.16. The van der Waals surface area contributed by atoms with Crippen LogP contribution in [0.4, 0.5) is 5.95 Å². The van der Waals surface area contributed by atoms with Crippen molar-refractivity contribution in [2.75, 3.05) is 12.4 Å². The summed E-state index contributed by atoms with van der Waals surface area (Å²) in [5.41, 5.74) is 0.162. The van der Waals surface area contributed by atoms with Gasteiger partial charge in [-0.1, -0.05) is 13.8 Å². The molecule has 0 saturated carbocycles. The van der Waals surface area contributed by atoms with Crippen LogP contribution in [-0.2, 0) is 9.53 Å². The molecule has 108 valence electrons. The Bertz CT molecular complexity index is 688. The first-order chi connectivity index (χ1) is 9.43. The van der Waals surface area contributed by atoms with Gasteiger partial charge in [0, 0.05) is 13.0 Å². The molecule has 2 aromatic heterocycles. The van der Waals surface area contributed by atoms with Gasteiger partial charge in [-0.15, -0.1) is 0 Å². The second kappa shape index (κ2) is 5.41. The Labute approximate surface area is 115 Å². The molecule has 0 radical (unpaired) electrons. The van der Waals surface area contributed by atoms with E-state index in [2.05, 4.69) is 20.3 Å². The monoisotopic (exact) mass is 279 g/mol. The van der Waals surface area contributed by atoms with Crippen LogP contribution in [-0.4, -0.2) is 32.5 Å². The summed E-state index contributed by atoms with van der Waals surface area (Å²) in [6.45, 7) is 5.31. The van der Waals surface area contributed by atoms with Crippen molar-refractivity contribution in [1.29, 1.82) is 0 Å². The first-order valence-corrected chi connectivity index (χ1v) is 6.24. The molecule has 8 nitrogen and oxygen atoms in total. The Hall–Kier alpha value is -2.22. The van der Waals surface area contributed by atoms with Crippen molar-refractivity contribution in [2.24, 2.45) is 5.92 Å². The number of H-pyrrole nitrogens is 1. The van der Waals surface area contributed by atoms with E-state index in [0.29, 0.717) is 5.65 Å². The van der Waals surface area contributed by atoms with Gasteiger partial charge in [0.05, 0.1) is 6.33 Å². The van der Waals surface area contributed by atoms with Crippen molar-refractivity contribution in [3.8, 4) is 0 Å². The quantitative estimate of drug-likeness (QED) is 0.865. The maximum Gasteiger partial charge on any atom is 0.280 e. The highest BCUT2D eigenvalue weighted by Gasteiger charge is 2.15. The molecule has 20 heavy (non-hydrogen) atoms. The first-order valence-electron chi connectivity index (χ1n) is 6.24. The van der Waals surface area contributed by atoms with E-state index in [-0.39, 0.29) is 29.5 Å². The molecule has 2 heterocycles. The summed E-state index contributed by atoms with van der Waals surface area (Å²) < 4.78 is 6.81. The Morgan fingerprint density at radius 3 is 2.75 bits per heavy atom. The fourth-order valence-electron chi connectivity index (χ4n) is 1.63. The van der Waals surface area contributed by atoms with Gasteiger partial charge in [0.1, 0.15) is 6.23 Å². The van der Waals surface area contributed by atoms with Crippen LogP contribution in [0, 0.1) is 5.92 Å². The van der Waals surface area contributed by atoms with Crippen molar-refractivity contribution in [3.05, 3.63) is 16.7 Å². The number of fused-ring (bicyclic) bond motifs is 1. The molecule has 8 heteroatoms. The molecule has 0 saturated heterocycles. The fraction of sp³-hybridized carbons (Fsp3) is 0.500. The van der Waals surface area contributed by atoms with E-state index in [4.69, 9.17) is 4.74 Å². The minimum Gasteiger partial charge on any atom is -0.361 e. The number of hydrogen-bond donors (Lipinski definition) is 2. The molecular weight excluding hydrogens is 262 g/mol. The standard InChI is InChI=1S/C12H17N5O3/c1-6(2)10(18)15-12-14-9-8(11(19)16-12)13-5-17(9)7(3)20-4/h5-7H,1-4H3,(H2,14,15,16,18,19)/t7-/m1/s1. The smallest absolute Gasteiger partial charge is 0.280 e. The third kappa shape index (κ3) is 2.55. The molecule has 1 amide bonds. The lowest BCUT2D eigenvalue weighted by molar-refractivity contribution is -0.118. The zero-order valence-electron chi connectivity index (χ0n) is 11.8. The number of amides is 1. The minimum absolute atomic E-state index is 0.103. The predicted molar refractivity (Wildman–Crippen MR) is 73.3 cm³/mol. The van der Waals surface area contributed by atoms with Crippen LogP contribution >= 0.6 is 0 Å². The maximum atomic E-state index is 11.9. The van der Waals surface area contributed by atoms with Crippen molar-refractivity contribution in [3.63, 3.8) is 0 Å². The molecule has 0 aliphatic rings. The SMILES string of the molecule is CO[C@H](C)n1cnc2c(=O)[nH]c(NC(=O)C(C)C)nc21. The average Bonchev–Trinajstić information content (AvgIpc) is 2.82. The molecule has 0 bridgehead atoms. The molecule has 2 rings (SSSR count). The number of nitrogens with zero attached hydrogens (tertiary/aromatic N) is 3. The highest BCUT2D eigenvalue weighted by Crippen LogP contribution is 2.14. The van der Waals surface area contributed by atoms with Gasteiger partial charge >= 0.3 is 0 Å². The number of carbonyl (C=O) groups is 1. The number of aromatic nitrogens is 4. The van der Waals surface area contributed by atoms with Crippen molar-refractivity contribution >= 4 is 23.0 Å². The molecule has 0 aliphatic carbocycles. The normalized spacial score (nSPS) is 12.8. The highest BCUT2D eigenvalue weighted by atomic mass is 16.5. The Morgan fingerprint density at radius 2 is 2.15 bits per heavy atom. The molecule has 0 fully saturated rings. The van der Waals surface area contributed by atoms with Crippen LogP contribution < -0.4 is 10.9 Å². The molecule has 1 atom stereocenters. The van der Waals surface area contributed by atoms with E-state index >= 15 is 0 Å². The summed E-state index contributed by atoms with van der Waals surface area (Å²) >= 11 is 0. The van der Waals surface area contributed by atoms with E-state index in [1.807, 2.05) is 0 Å². The van der Waals surface area contributed by atoms with Crippen LogP contribution in [0.5, 0.6) is 0 Å². The van der Waals surface area contributed by atoms with Gasteiger partial charge in [-0.05, 0) is 6.92 Å². The number of ether oxygens (including phenoxy) is 1. The second-order valence-corrected chi connectivity index (χ2v) is 4.72. The first kappa shape index (κ1) is 14.2. The lowest BCUT2D eigenvalue weighted by Gasteiger charge is -2.12. The van der Waals surface area contributed by atoms with Crippen molar-refractivity contribution in [2.45, 2.75) is 27.0 Å². The molecule has 2 aromatic rings. The molecule has 0 unspecified atom stereocenters. The van der Waals surface area contributed by atoms with E-state index in [1.54, 1.807) is 32.4 Å². The van der Waals surface area contributed by atoms with Crippen LogP contribution in [0.15, 0.2) is 11.1 Å². The second-order valence-electron chi connectivity index (χ2n) is 4.72. The third-order valence-corrected chi connectivity index (χ3v) is 2.93. The van der Waals surface area contributed by atoms with E-state index in [1.165, 1.54) is 6.33 Å². The highest BCUT2D eigenvalue weighted by molar-refractivity contribution is 5.91. The van der Waals surface area contributed by atoms with Gasteiger partial charge in [-0.2, -0.15) is 4.98 Å². The Balaban J connectivity index is 2.49. The Kier molecular flexibility index (Phi) is 3.84. The van der Waals surface area contributed by atoms with Gasteiger partial charge in [-0.3, -0.25) is 24.5 Å². The zero-order valence-corrected chi connectivity index (χ0v) is 11.8. The third-order valence-electron chi connectivity index (χ3n) is 2.93. The topological polar surface area (TPSA) is 102 Å². The Morgan fingerprint density at radius 1 is 1.45 bits per heavy atom. The summed E-state index contributed by atoms with van der Waals surface area (Å²) in [6, 6.07) is 0. The zero-order chi connectivity index (χ0) is 14.9. The molecule has 0 spiro atoms. The van der Waals surface area contributed by atoms with Crippen molar-refractivity contribution < 1.29 is 9.53 Å². The number of carbonyl (C=O) groups excluding carboxylic acids is 1. The molecular formula is C12H17N5O3. The molecule has 2 N–H and O–H groups in total. The summed E-state index contributed by atoms with van der Waals surface area (Å²) in [5, 5.41) is 2.56. The molecule has 0 aliphatic heterocycles. The number of anilines is 1. The summed E-state index contributed by atoms with van der Waals surface area (Å²) in [5.74, 6) is -0.330. The number of aromatic amines is 1. The summed E-state index contributed by atoms with van der Waals surface area (Å²) in [7, 11) is 1.55. The van der Waals surface area contributed by atoms with E-state index in [9.17, 15) is 9.59 Å². The largest absolute Gasteiger partial charge is 0.361 e. The minimum atomic E-state index is -0.406. The van der Waals surface area contributed by atoms with Gasteiger partial charge in [-0.25, -0.2) is 4.98 Å². The van der Waals surface area contributed by atoms with Gasteiger partial charge in [0.25, 0.3) is 5.56 Å². The summed E-state index contributed by atoms with van der Waals surface area (Å²) in [4.78, 5) is 34.3. The number of hydrogen-bond acceptors (Lipinski definition) is 5. The lowest BCUT2D eigenvalue weighted by Crippen LogP contribution is -2.22. The lowest BCUT2D eigenvalue weighted by atomic mass is 10.2. The van der Waals surface area contributed by atoms with E-state index in [0.717, 1.165) is 0 Å². The predicted octanol–water partition coefficient (Wildman–Crippen LogP) is 0.879. The number of rotatable bonds is 4. The van der Waals surface area contributed by atoms with Crippen LogP contribution in [0.1, 0.15) is 27.0 Å². The van der Waals surface area contributed by atoms with Crippen LogP contribution in [0.2, 0.25) is 0 Å².